The number of piperidine rings is 1. The first-order chi connectivity index (χ1) is 10.8. The summed E-state index contributed by atoms with van der Waals surface area (Å²) in [6.45, 7) is 10.2. The summed E-state index contributed by atoms with van der Waals surface area (Å²) in [5.41, 5.74) is -0.631. The fourth-order valence-electron chi connectivity index (χ4n) is 4.68. The minimum atomic E-state index is -0.466. The average Bonchev–Trinajstić information content (AvgIpc) is 2.89. The van der Waals surface area contributed by atoms with E-state index < -0.39 is 5.60 Å². The van der Waals surface area contributed by atoms with Crippen molar-refractivity contribution in [2.45, 2.75) is 83.5 Å². The smallest absolute Gasteiger partial charge is 0.411 e. The lowest BCUT2D eigenvalue weighted by atomic mass is 9.60. The van der Waals surface area contributed by atoms with Crippen LogP contribution in [0.4, 0.5) is 4.79 Å². The van der Waals surface area contributed by atoms with Gasteiger partial charge >= 0.3 is 6.09 Å². The number of rotatable bonds is 3. The summed E-state index contributed by atoms with van der Waals surface area (Å²) < 4.78 is 7.76. The van der Waals surface area contributed by atoms with Gasteiger partial charge in [0.25, 0.3) is 0 Å². The van der Waals surface area contributed by atoms with Crippen LogP contribution >= 0.6 is 0 Å². The molecule has 1 aromatic rings. The molecule has 3 heterocycles. The molecule has 0 N–H and O–H groups in total. The zero-order valence-electron chi connectivity index (χ0n) is 14.8. The number of aromatic nitrogens is 3. The first kappa shape index (κ1) is 16.3. The quantitative estimate of drug-likeness (QED) is 0.856. The Morgan fingerprint density at radius 3 is 2.57 bits per heavy atom. The van der Waals surface area contributed by atoms with Crippen LogP contribution < -0.4 is 0 Å². The Hall–Kier alpha value is -1.59. The van der Waals surface area contributed by atoms with E-state index in [0.29, 0.717) is 12.0 Å². The molecule has 1 amide bonds. The Kier molecular flexibility index (Phi) is 3.89. The van der Waals surface area contributed by atoms with Gasteiger partial charge in [0.1, 0.15) is 18.3 Å². The van der Waals surface area contributed by atoms with Crippen molar-refractivity contribution >= 4 is 6.09 Å². The highest BCUT2D eigenvalue weighted by molar-refractivity contribution is 5.71. The molecule has 2 bridgehead atoms. The molecule has 4 atom stereocenters. The number of nitrogens with zero attached hydrogens (tertiary/aromatic N) is 4. The summed E-state index contributed by atoms with van der Waals surface area (Å²) in [4.78, 5) is 14.8. The second kappa shape index (κ2) is 5.49. The predicted octanol–water partition coefficient (Wildman–Crippen LogP) is 3.41. The maximum atomic E-state index is 12.8. The van der Waals surface area contributed by atoms with E-state index in [-0.39, 0.29) is 17.7 Å². The Morgan fingerprint density at radius 2 is 2.00 bits per heavy atom. The first-order valence-corrected chi connectivity index (χ1v) is 8.63. The number of hydrogen-bond donors (Lipinski definition) is 0. The van der Waals surface area contributed by atoms with Crippen LogP contribution in [0.3, 0.4) is 0 Å². The summed E-state index contributed by atoms with van der Waals surface area (Å²) >= 11 is 0. The standard InChI is InChI=1S/C17H28N4O2/c1-6-14(20-10-18-19-11-20)17-8-12(2)7-13(9-17)21(17)15(22)23-16(3,4)5/h10-14H,6-9H2,1-5H3. The molecule has 0 radical (unpaired) electrons. The Bertz CT molecular complexity index is 566. The van der Waals surface area contributed by atoms with E-state index in [9.17, 15) is 4.79 Å². The maximum absolute atomic E-state index is 12.8. The van der Waals surface area contributed by atoms with Crippen LogP contribution in [0.2, 0.25) is 0 Å². The van der Waals surface area contributed by atoms with Gasteiger partial charge in [0.05, 0.1) is 11.6 Å². The molecule has 23 heavy (non-hydrogen) atoms. The molecule has 3 aliphatic rings. The third-order valence-corrected chi connectivity index (χ3v) is 5.20. The van der Waals surface area contributed by atoms with Crippen LogP contribution in [-0.4, -0.2) is 42.9 Å². The highest BCUT2D eigenvalue weighted by Crippen LogP contribution is 2.56. The van der Waals surface area contributed by atoms with Crippen molar-refractivity contribution in [2.75, 3.05) is 0 Å². The van der Waals surface area contributed by atoms with Gasteiger partial charge in [0, 0.05) is 6.04 Å². The van der Waals surface area contributed by atoms with E-state index in [4.69, 9.17) is 4.74 Å². The molecule has 0 aromatic carbocycles. The van der Waals surface area contributed by atoms with Crippen molar-refractivity contribution in [1.29, 1.82) is 0 Å². The van der Waals surface area contributed by atoms with Crippen molar-refractivity contribution in [1.82, 2.24) is 19.7 Å². The number of carbonyl (C=O) groups is 1. The lowest BCUT2D eigenvalue weighted by Gasteiger charge is -2.65. The molecule has 6 nitrogen and oxygen atoms in total. The number of amides is 1. The molecule has 2 aliphatic heterocycles. The molecule has 1 aromatic heterocycles. The number of ether oxygens (including phenoxy) is 1. The molecular weight excluding hydrogens is 292 g/mol. The van der Waals surface area contributed by atoms with Crippen LogP contribution in [-0.2, 0) is 4.74 Å². The minimum absolute atomic E-state index is 0.165. The van der Waals surface area contributed by atoms with E-state index >= 15 is 0 Å². The largest absolute Gasteiger partial charge is 0.444 e. The molecular formula is C17H28N4O2. The number of fused-ring (bicyclic) bond motifs is 2. The van der Waals surface area contributed by atoms with Gasteiger partial charge in [0.2, 0.25) is 0 Å². The van der Waals surface area contributed by atoms with E-state index in [2.05, 4.69) is 28.6 Å². The SMILES string of the molecule is CCC(n1cnnc1)C12CC(C)CC(C1)N2C(=O)OC(C)(C)C. The van der Waals surface area contributed by atoms with Crippen molar-refractivity contribution in [3.05, 3.63) is 12.7 Å². The molecule has 4 rings (SSSR count). The van der Waals surface area contributed by atoms with Crippen LogP contribution in [0.15, 0.2) is 12.7 Å². The van der Waals surface area contributed by atoms with Crippen LogP contribution in [0.1, 0.15) is 66.3 Å². The maximum Gasteiger partial charge on any atom is 0.411 e. The van der Waals surface area contributed by atoms with Gasteiger partial charge in [-0.3, -0.25) is 4.90 Å². The molecule has 4 unspecified atom stereocenters. The Labute approximate surface area is 138 Å². The molecule has 0 spiro atoms. The van der Waals surface area contributed by atoms with Gasteiger partial charge in [-0.1, -0.05) is 13.8 Å². The summed E-state index contributed by atoms with van der Waals surface area (Å²) in [6, 6.07) is 0.503. The molecule has 2 saturated heterocycles. The second-order valence-corrected chi connectivity index (χ2v) is 8.19. The normalized spacial score (nSPS) is 31.4. The van der Waals surface area contributed by atoms with Crippen molar-refractivity contribution < 1.29 is 9.53 Å². The molecule has 1 aliphatic carbocycles. The highest BCUT2D eigenvalue weighted by Gasteiger charge is 2.62. The fourth-order valence-corrected chi connectivity index (χ4v) is 4.68. The molecule has 128 valence electrons. The monoisotopic (exact) mass is 320 g/mol. The van der Waals surface area contributed by atoms with Gasteiger partial charge in [-0.05, 0) is 52.4 Å². The summed E-state index contributed by atoms with van der Waals surface area (Å²) in [6.07, 6.45) is 7.43. The molecule has 3 fully saturated rings. The van der Waals surface area contributed by atoms with Crippen LogP contribution in [0.25, 0.3) is 0 Å². The van der Waals surface area contributed by atoms with Gasteiger partial charge in [0.15, 0.2) is 0 Å². The van der Waals surface area contributed by atoms with Gasteiger partial charge < -0.3 is 9.30 Å². The van der Waals surface area contributed by atoms with E-state index in [1.165, 1.54) is 0 Å². The zero-order valence-corrected chi connectivity index (χ0v) is 14.8. The third kappa shape index (κ3) is 2.72. The number of carbonyl (C=O) groups excluding carboxylic acids is 1. The van der Waals surface area contributed by atoms with Crippen LogP contribution in [0, 0.1) is 5.92 Å². The van der Waals surface area contributed by atoms with Gasteiger partial charge in [-0.25, -0.2) is 4.79 Å². The second-order valence-electron chi connectivity index (χ2n) is 8.19. The van der Waals surface area contributed by atoms with Crippen LogP contribution in [0.5, 0.6) is 0 Å². The first-order valence-electron chi connectivity index (χ1n) is 8.63. The predicted molar refractivity (Wildman–Crippen MR) is 87.0 cm³/mol. The van der Waals surface area contributed by atoms with Crippen molar-refractivity contribution in [2.24, 2.45) is 5.92 Å². The molecule has 1 saturated carbocycles. The lowest BCUT2D eigenvalue weighted by Crippen LogP contribution is -2.74. The van der Waals surface area contributed by atoms with Crippen molar-refractivity contribution in [3.8, 4) is 0 Å². The minimum Gasteiger partial charge on any atom is -0.444 e. The van der Waals surface area contributed by atoms with E-state index in [1.54, 1.807) is 12.7 Å². The summed E-state index contributed by atoms with van der Waals surface area (Å²) in [5, 5.41) is 7.92. The molecule has 6 heteroatoms. The summed E-state index contributed by atoms with van der Waals surface area (Å²) in [5.74, 6) is 0.623. The third-order valence-electron chi connectivity index (χ3n) is 5.20. The fraction of sp³-hybridized carbons (Fsp3) is 0.824. The lowest BCUT2D eigenvalue weighted by molar-refractivity contribution is -0.147. The zero-order chi connectivity index (χ0) is 16.8. The van der Waals surface area contributed by atoms with Gasteiger partial charge in [-0.2, -0.15) is 0 Å². The highest BCUT2D eigenvalue weighted by atomic mass is 16.6. The Morgan fingerprint density at radius 1 is 1.35 bits per heavy atom. The van der Waals surface area contributed by atoms with E-state index in [0.717, 1.165) is 25.7 Å². The van der Waals surface area contributed by atoms with Crippen molar-refractivity contribution in [3.63, 3.8) is 0 Å². The Balaban J connectivity index is 1.91. The average molecular weight is 320 g/mol. The topological polar surface area (TPSA) is 60.2 Å². The number of hydrogen-bond acceptors (Lipinski definition) is 4. The summed E-state index contributed by atoms with van der Waals surface area (Å²) in [7, 11) is 0. The van der Waals surface area contributed by atoms with E-state index in [1.807, 2.05) is 25.7 Å². The van der Waals surface area contributed by atoms with Gasteiger partial charge in [-0.15, -0.1) is 10.2 Å².